The highest BCUT2D eigenvalue weighted by molar-refractivity contribution is 7.80. The lowest BCUT2D eigenvalue weighted by Gasteiger charge is -2.38. The minimum Gasteiger partial charge on any atom is -0.354 e. The Kier molecular flexibility index (Phi) is 5.90. The van der Waals surface area contributed by atoms with Crippen molar-refractivity contribution in [1.82, 2.24) is 5.32 Å². The highest BCUT2D eigenvalue weighted by Gasteiger charge is 2.27. The zero-order valence-electron chi connectivity index (χ0n) is 16.3. The number of rotatable bonds is 5. The first-order chi connectivity index (χ1) is 13.4. The smallest absolute Gasteiger partial charge is 0.185 e. The van der Waals surface area contributed by atoms with Gasteiger partial charge < -0.3 is 5.32 Å². The van der Waals surface area contributed by atoms with Crippen LogP contribution in [0.2, 0.25) is 0 Å². The Balaban J connectivity index is 1.69. The first kappa shape index (κ1) is 19.8. The average Bonchev–Trinajstić information content (AvgIpc) is 2.65. The molecule has 0 amide bonds. The molecule has 2 aromatic rings. The van der Waals surface area contributed by atoms with Gasteiger partial charge in [-0.3, -0.25) is 9.69 Å². The third kappa shape index (κ3) is 4.84. The molecule has 0 bridgehead atoms. The van der Waals surface area contributed by atoms with Crippen molar-refractivity contribution in [2.75, 3.05) is 4.90 Å². The van der Waals surface area contributed by atoms with Gasteiger partial charge in [-0.1, -0.05) is 48.6 Å². The third-order valence-electron chi connectivity index (χ3n) is 4.41. The van der Waals surface area contributed by atoms with E-state index in [1.165, 1.54) is 0 Å². The summed E-state index contributed by atoms with van der Waals surface area (Å²) in [5, 5.41) is 3.98. The topological polar surface area (TPSA) is 32.3 Å². The molecule has 1 aliphatic heterocycles. The minimum atomic E-state index is -0.161. The molecule has 0 aromatic heterocycles. The number of thiocarbonyl (C=S) groups is 1. The van der Waals surface area contributed by atoms with Crippen LogP contribution in [0.15, 0.2) is 84.6 Å². The van der Waals surface area contributed by atoms with Crippen molar-refractivity contribution in [2.45, 2.75) is 26.3 Å². The molecule has 0 saturated carbocycles. The summed E-state index contributed by atoms with van der Waals surface area (Å²) in [4.78, 5) is 14.4. The predicted octanol–water partition coefficient (Wildman–Crippen LogP) is 5.52. The molecule has 1 N–H and O–H groups in total. The fourth-order valence-corrected chi connectivity index (χ4v) is 3.69. The van der Waals surface area contributed by atoms with Crippen molar-refractivity contribution < 1.29 is 4.79 Å². The van der Waals surface area contributed by atoms with Gasteiger partial charge in [-0.25, -0.2) is 0 Å². The predicted molar refractivity (Wildman–Crippen MR) is 121 cm³/mol. The van der Waals surface area contributed by atoms with E-state index in [0.717, 1.165) is 16.9 Å². The number of allylic oxidation sites excluding steroid dienone is 4. The molecule has 0 fully saturated rings. The van der Waals surface area contributed by atoms with Crippen molar-refractivity contribution in [2.24, 2.45) is 0 Å². The van der Waals surface area contributed by atoms with Crippen LogP contribution in [0.5, 0.6) is 0 Å². The van der Waals surface area contributed by atoms with E-state index in [2.05, 4.69) is 25.2 Å². The molecule has 3 rings (SSSR count). The molecule has 0 unspecified atom stereocenters. The lowest BCUT2D eigenvalue weighted by molar-refractivity contribution is 0.104. The first-order valence-corrected chi connectivity index (χ1v) is 9.62. The average molecular weight is 389 g/mol. The van der Waals surface area contributed by atoms with Gasteiger partial charge in [0.25, 0.3) is 0 Å². The van der Waals surface area contributed by atoms with Crippen molar-refractivity contribution in [3.05, 3.63) is 95.7 Å². The van der Waals surface area contributed by atoms with E-state index in [-0.39, 0.29) is 11.3 Å². The summed E-state index contributed by atoms with van der Waals surface area (Å²) in [6, 6.07) is 17.5. The van der Waals surface area contributed by atoms with Gasteiger partial charge in [0.2, 0.25) is 0 Å². The van der Waals surface area contributed by atoms with Gasteiger partial charge in [0, 0.05) is 16.9 Å². The maximum Gasteiger partial charge on any atom is 0.185 e. The fourth-order valence-electron chi connectivity index (χ4n) is 3.18. The van der Waals surface area contributed by atoms with E-state index in [1.54, 1.807) is 12.2 Å². The lowest BCUT2D eigenvalue weighted by atomic mass is 10.0. The number of anilines is 1. The Morgan fingerprint density at radius 2 is 1.71 bits per heavy atom. The van der Waals surface area contributed by atoms with Crippen LogP contribution in [-0.2, 0) is 0 Å². The number of hydrogen-bond acceptors (Lipinski definition) is 2. The molecule has 1 heterocycles. The van der Waals surface area contributed by atoms with E-state index in [4.69, 9.17) is 12.2 Å². The van der Waals surface area contributed by atoms with E-state index in [1.807, 2.05) is 78.6 Å². The largest absolute Gasteiger partial charge is 0.354 e. The second-order valence-corrected chi connectivity index (χ2v) is 7.70. The fraction of sp³-hybridized carbons (Fsp3) is 0.167. The van der Waals surface area contributed by atoms with Gasteiger partial charge in [-0.2, -0.15) is 0 Å². The van der Waals surface area contributed by atoms with E-state index in [9.17, 15) is 4.79 Å². The molecule has 28 heavy (non-hydrogen) atoms. The maximum absolute atomic E-state index is 12.4. The van der Waals surface area contributed by atoms with Crippen molar-refractivity contribution in [1.29, 1.82) is 0 Å². The second kappa shape index (κ2) is 8.36. The second-order valence-electron chi connectivity index (χ2n) is 7.31. The molecule has 3 nitrogen and oxygen atoms in total. The summed E-state index contributed by atoms with van der Waals surface area (Å²) < 4.78 is 0. The van der Waals surface area contributed by atoms with Crippen LogP contribution in [0, 0.1) is 0 Å². The summed E-state index contributed by atoms with van der Waals surface area (Å²) in [5.74, 6) is -0.0306. The Bertz CT molecular complexity index is 954. The highest BCUT2D eigenvalue weighted by atomic mass is 32.1. The molecule has 142 valence electrons. The lowest BCUT2D eigenvalue weighted by Crippen LogP contribution is -2.53. The first-order valence-electron chi connectivity index (χ1n) is 9.22. The molecule has 2 aromatic carbocycles. The Morgan fingerprint density at radius 3 is 2.36 bits per heavy atom. The molecule has 4 heteroatoms. The van der Waals surface area contributed by atoms with Crippen LogP contribution in [-0.4, -0.2) is 16.4 Å². The van der Waals surface area contributed by atoms with Crippen molar-refractivity contribution in [3.63, 3.8) is 0 Å². The van der Waals surface area contributed by atoms with Crippen LogP contribution in [0.1, 0.15) is 36.7 Å². The number of hydrogen-bond donors (Lipinski definition) is 1. The monoisotopic (exact) mass is 388 g/mol. The van der Waals surface area contributed by atoms with Gasteiger partial charge in [0.05, 0.1) is 5.54 Å². The van der Waals surface area contributed by atoms with Crippen LogP contribution >= 0.6 is 12.2 Å². The molecule has 0 atom stereocenters. The highest BCUT2D eigenvalue weighted by Crippen LogP contribution is 2.26. The van der Waals surface area contributed by atoms with E-state index >= 15 is 0 Å². The van der Waals surface area contributed by atoms with Crippen molar-refractivity contribution >= 4 is 34.9 Å². The molecule has 0 saturated heterocycles. The molecule has 0 radical (unpaired) electrons. The van der Waals surface area contributed by atoms with Gasteiger partial charge in [0.1, 0.15) is 0 Å². The minimum absolute atomic E-state index is 0.0306. The number of carbonyl (C=O) groups is 1. The number of ketones is 1. The number of nitrogens with zero attached hydrogens (tertiary/aromatic N) is 1. The summed E-state index contributed by atoms with van der Waals surface area (Å²) >= 11 is 5.52. The molecule has 0 aliphatic carbocycles. The number of nitrogens with one attached hydrogen (secondary N) is 1. The van der Waals surface area contributed by atoms with Crippen LogP contribution in [0.3, 0.4) is 0 Å². The third-order valence-corrected chi connectivity index (χ3v) is 4.70. The zero-order valence-corrected chi connectivity index (χ0v) is 17.2. The van der Waals surface area contributed by atoms with Gasteiger partial charge in [-0.05, 0) is 75.0 Å². The van der Waals surface area contributed by atoms with Crippen LogP contribution < -0.4 is 10.2 Å². The quantitative estimate of drug-likeness (QED) is 0.317. The molecule has 0 spiro atoms. The Labute approximate surface area is 172 Å². The number of benzene rings is 2. The molecule has 1 aliphatic rings. The van der Waals surface area contributed by atoms with E-state index < -0.39 is 0 Å². The van der Waals surface area contributed by atoms with Gasteiger partial charge in [0.15, 0.2) is 10.9 Å². The number of carbonyl (C=O) groups excluding carboxylic acids is 1. The molecular formula is C24H24N2OS. The Morgan fingerprint density at radius 1 is 1.04 bits per heavy atom. The summed E-state index contributed by atoms with van der Waals surface area (Å²) in [7, 11) is 0. The Hall–Kier alpha value is -2.98. The van der Waals surface area contributed by atoms with Crippen molar-refractivity contribution in [3.8, 4) is 0 Å². The van der Waals surface area contributed by atoms with Crippen LogP contribution in [0.25, 0.3) is 6.08 Å². The SMILES string of the molecule is CC1=CC(C)(C)NC(=S)N1c1ccc(C(=O)/C=C/C=C/c2ccccc2)cc1. The van der Waals surface area contributed by atoms with Gasteiger partial charge >= 0.3 is 0 Å². The van der Waals surface area contributed by atoms with Gasteiger partial charge in [-0.15, -0.1) is 0 Å². The van der Waals surface area contributed by atoms with E-state index in [0.29, 0.717) is 10.7 Å². The summed E-state index contributed by atoms with van der Waals surface area (Å²) in [6.45, 7) is 6.21. The maximum atomic E-state index is 12.4. The standard InChI is InChI=1S/C24H24N2OS/c1-18-17-24(2,3)25-23(28)26(18)21-15-13-20(14-16-21)22(27)12-8-7-11-19-9-5-4-6-10-19/h4-17H,1-3H3,(H,25,28)/b11-7+,12-8+. The summed E-state index contributed by atoms with van der Waals surface area (Å²) in [6.07, 6.45) is 9.32. The normalized spacial score (nSPS) is 16.3. The molecular weight excluding hydrogens is 364 g/mol. The summed E-state index contributed by atoms with van der Waals surface area (Å²) in [5.41, 5.74) is 3.59. The van der Waals surface area contributed by atoms with Crippen LogP contribution in [0.4, 0.5) is 5.69 Å². The zero-order chi connectivity index (χ0) is 20.1.